The Morgan fingerprint density at radius 1 is 0.510 bits per heavy atom. The van der Waals surface area contributed by atoms with Crippen molar-refractivity contribution in [3.63, 3.8) is 0 Å². The molecule has 7 nitrogen and oxygen atoms in total. The van der Waals surface area contributed by atoms with E-state index in [0.717, 1.165) is 71.9 Å². The van der Waals surface area contributed by atoms with E-state index in [-0.39, 0.29) is 21.1 Å². The van der Waals surface area contributed by atoms with Gasteiger partial charge in [-0.1, -0.05) is 72.2 Å². The van der Waals surface area contributed by atoms with Crippen LogP contribution in [0.2, 0.25) is 0 Å². The Hall–Kier alpha value is -6.04. The molecule has 0 bridgehead atoms. The van der Waals surface area contributed by atoms with Crippen LogP contribution in [0.1, 0.15) is 0 Å². The van der Waals surface area contributed by atoms with Gasteiger partial charge in [-0.05, 0) is 57.5 Å². The van der Waals surface area contributed by atoms with Gasteiger partial charge in [-0.25, -0.2) is 9.97 Å². The molecule has 5 aromatic carbocycles. The second-order valence-corrected chi connectivity index (χ2v) is 12.0. The van der Waals surface area contributed by atoms with Crippen molar-refractivity contribution in [2.45, 2.75) is 0 Å². The van der Waals surface area contributed by atoms with Gasteiger partial charge in [0.15, 0.2) is 5.65 Å². The Kier molecular flexibility index (Phi) is 5.99. The number of fused-ring (bicyclic) bond motifs is 13. The predicted molar refractivity (Wildman–Crippen MR) is 190 cm³/mol. The summed E-state index contributed by atoms with van der Waals surface area (Å²) in [5.41, 5.74) is 6.46. The van der Waals surface area contributed by atoms with E-state index in [1.807, 2.05) is 54.9 Å². The van der Waals surface area contributed by atoms with Gasteiger partial charge in [0.05, 0.1) is 5.52 Å². The summed E-state index contributed by atoms with van der Waals surface area (Å²) in [4.78, 5) is 14.7. The van der Waals surface area contributed by atoms with Crippen molar-refractivity contribution in [3.8, 4) is 17.3 Å². The first kappa shape index (κ1) is 28.0. The maximum Gasteiger partial charge on any atom is 2.00 e. The minimum Gasteiger partial charge on any atom is -0.509 e. The van der Waals surface area contributed by atoms with E-state index in [2.05, 4.69) is 109 Å². The maximum atomic E-state index is 6.49. The molecular formula is C41H22N6OPt. The number of benzene rings is 5. The molecule has 6 aromatic heterocycles. The molecule has 0 amide bonds. The first-order chi connectivity index (χ1) is 23.8. The molecule has 0 fully saturated rings. The zero-order chi connectivity index (χ0) is 31.3. The Labute approximate surface area is 292 Å². The average Bonchev–Trinajstić information content (AvgIpc) is 3.75. The number of nitrogens with zero attached hydrogens (tertiary/aromatic N) is 6. The normalized spacial score (nSPS) is 11.9. The molecule has 0 saturated heterocycles. The van der Waals surface area contributed by atoms with Gasteiger partial charge in [0.2, 0.25) is 5.78 Å². The fourth-order valence-electron chi connectivity index (χ4n) is 7.38. The van der Waals surface area contributed by atoms with E-state index >= 15 is 0 Å². The molecule has 6 heterocycles. The Bertz CT molecular complexity index is 3110. The van der Waals surface area contributed by atoms with Crippen LogP contribution in [-0.4, -0.2) is 28.3 Å². The maximum absolute atomic E-state index is 6.49. The zero-order valence-corrected chi connectivity index (χ0v) is 27.9. The summed E-state index contributed by atoms with van der Waals surface area (Å²) in [5, 5.41) is 6.84. The number of ether oxygens (including phenoxy) is 1. The largest absolute Gasteiger partial charge is 2.00 e. The van der Waals surface area contributed by atoms with Crippen LogP contribution in [0.5, 0.6) is 11.5 Å². The van der Waals surface area contributed by atoms with Crippen LogP contribution in [0.25, 0.3) is 82.7 Å². The van der Waals surface area contributed by atoms with Gasteiger partial charge in [-0.3, -0.25) is 13.8 Å². The SMILES string of the molecule is [Pt+2].[c-]1c(Oc2[c-]c3c(cc2)nc2n3c3nccc4c5ccccc5c5ccccc5n2c43)ccc2c3ccccc3n(-c3ccccn3)c12. The summed E-state index contributed by atoms with van der Waals surface area (Å²) in [6, 6.07) is 48.4. The van der Waals surface area contributed by atoms with Gasteiger partial charge in [-0.2, -0.15) is 6.07 Å². The molecule has 0 saturated carbocycles. The number of aromatic nitrogens is 6. The average molecular weight is 810 g/mol. The number of rotatable bonds is 3. The van der Waals surface area contributed by atoms with Crippen LogP contribution < -0.4 is 4.74 Å². The molecule has 0 spiro atoms. The molecule has 0 aliphatic carbocycles. The topological polar surface area (TPSA) is 61.6 Å². The Morgan fingerprint density at radius 2 is 1.18 bits per heavy atom. The molecule has 11 rings (SSSR count). The van der Waals surface area contributed by atoms with Gasteiger partial charge >= 0.3 is 21.1 Å². The fraction of sp³-hybridized carbons (Fsp3) is 0. The fourth-order valence-corrected chi connectivity index (χ4v) is 7.38. The number of hydrogen-bond acceptors (Lipinski definition) is 4. The van der Waals surface area contributed by atoms with E-state index in [1.54, 1.807) is 0 Å². The molecule has 0 N–H and O–H groups in total. The van der Waals surface area contributed by atoms with Crippen LogP contribution in [0.3, 0.4) is 0 Å². The number of para-hydroxylation sites is 2. The molecule has 49 heavy (non-hydrogen) atoms. The van der Waals surface area contributed by atoms with Crippen LogP contribution >= 0.6 is 0 Å². The third-order valence-corrected chi connectivity index (χ3v) is 9.37. The quantitative estimate of drug-likeness (QED) is 0.167. The van der Waals surface area contributed by atoms with E-state index in [4.69, 9.17) is 14.7 Å². The van der Waals surface area contributed by atoms with Crippen LogP contribution in [0.4, 0.5) is 0 Å². The molecule has 232 valence electrons. The first-order valence-electron chi connectivity index (χ1n) is 15.8. The van der Waals surface area contributed by atoms with Crippen molar-refractivity contribution in [1.82, 2.24) is 28.3 Å². The summed E-state index contributed by atoms with van der Waals surface area (Å²) >= 11 is 0. The standard InChI is InChI=1S/C41H22N6O.Pt/c1-2-10-28-27(9-1)29-11-3-6-14-35(29)46-39-32(28)20-22-43-40(39)47-37-24-26(17-19-33(37)44-41(46)47)48-25-16-18-31-30-12-4-5-13-34(30)45(36(31)23-25)38-15-7-8-21-42-38;/h1-22H;/q-2;+2. The number of pyridine rings is 2. The minimum absolute atomic E-state index is 0. The summed E-state index contributed by atoms with van der Waals surface area (Å²) in [5.74, 6) is 2.76. The van der Waals surface area contributed by atoms with E-state index in [9.17, 15) is 0 Å². The van der Waals surface area contributed by atoms with Crippen molar-refractivity contribution >= 4 is 76.8 Å². The summed E-state index contributed by atoms with van der Waals surface area (Å²) in [7, 11) is 0. The smallest absolute Gasteiger partial charge is 0.509 e. The number of imidazole rings is 2. The molecular weight excluding hydrogens is 788 g/mol. The van der Waals surface area contributed by atoms with E-state index in [1.165, 1.54) is 10.8 Å². The molecule has 0 atom stereocenters. The van der Waals surface area contributed by atoms with Gasteiger partial charge in [0.1, 0.15) is 11.3 Å². The molecule has 0 aliphatic rings. The second-order valence-electron chi connectivity index (χ2n) is 12.0. The van der Waals surface area contributed by atoms with Crippen molar-refractivity contribution in [2.24, 2.45) is 0 Å². The van der Waals surface area contributed by atoms with Gasteiger partial charge in [0, 0.05) is 40.2 Å². The van der Waals surface area contributed by atoms with Crippen molar-refractivity contribution in [1.29, 1.82) is 0 Å². The van der Waals surface area contributed by atoms with Crippen molar-refractivity contribution < 1.29 is 25.8 Å². The minimum atomic E-state index is 0. The zero-order valence-electron chi connectivity index (χ0n) is 25.6. The first-order valence-corrected chi connectivity index (χ1v) is 15.8. The van der Waals surface area contributed by atoms with E-state index in [0.29, 0.717) is 11.5 Å². The van der Waals surface area contributed by atoms with E-state index < -0.39 is 0 Å². The van der Waals surface area contributed by atoms with Crippen LogP contribution in [0, 0.1) is 12.1 Å². The molecule has 8 heteroatoms. The molecule has 0 aliphatic heterocycles. The molecule has 11 aromatic rings. The number of hydrogen-bond donors (Lipinski definition) is 0. The molecule has 0 unspecified atom stereocenters. The summed E-state index contributed by atoms with van der Waals surface area (Å²) < 4.78 is 12.9. The second kappa shape index (κ2) is 10.5. The predicted octanol–water partition coefficient (Wildman–Crippen LogP) is 9.48. The Morgan fingerprint density at radius 3 is 1.98 bits per heavy atom. The third kappa shape index (κ3) is 3.91. The summed E-state index contributed by atoms with van der Waals surface area (Å²) in [6.45, 7) is 0. The van der Waals surface area contributed by atoms with Gasteiger partial charge in [0.25, 0.3) is 0 Å². The molecule has 0 radical (unpaired) electrons. The van der Waals surface area contributed by atoms with Gasteiger partial charge in [-0.15, -0.1) is 35.7 Å². The Balaban J connectivity index is 0.00000306. The van der Waals surface area contributed by atoms with Crippen LogP contribution in [-0.2, 0) is 21.1 Å². The van der Waals surface area contributed by atoms with Crippen molar-refractivity contribution in [2.75, 3.05) is 0 Å². The third-order valence-electron chi connectivity index (χ3n) is 9.37. The summed E-state index contributed by atoms with van der Waals surface area (Å²) in [6.07, 6.45) is 3.69. The van der Waals surface area contributed by atoms with Crippen molar-refractivity contribution in [3.05, 3.63) is 146 Å². The van der Waals surface area contributed by atoms with Gasteiger partial charge < -0.3 is 9.30 Å². The van der Waals surface area contributed by atoms with Crippen LogP contribution in [0.15, 0.2) is 134 Å². The monoisotopic (exact) mass is 809 g/mol.